The molecule has 0 spiro atoms. The van der Waals surface area contributed by atoms with E-state index in [1.165, 1.54) is 7.11 Å². The second kappa shape index (κ2) is 9.90. The predicted molar refractivity (Wildman–Crippen MR) is 121 cm³/mol. The Morgan fingerprint density at radius 3 is 2.03 bits per heavy atom. The molecule has 3 amide bonds. The molecule has 31 heavy (non-hydrogen) atoms. The van der Waals surface area contributed by atoms with Crippen molar-refractivity contribution >= 4 is 39.3 Å². The van der Waals surface area contributed by atoms with E-state index >= 15 is 0 Å². The van der Waals surface area contributed by atoms with E-state index in [0.29, 0.717) is 32.6 Å². The quantitative estimate of drug-likeness (QED) is 0.478. The molecule has 0 saturated heterocycles. The van der Waals surface area contributed by atoms with Gasteiger partial charge in [-0.05, 0) is 76.9 Å². The summed E-state index contributed by atoms with van der Waals surface area (Å²) in [4.78, 5) is 36.9. The first-order valence-corrected chi connectivity index (χ1v) is 10.1. The fourth-order valence-corrected chi connectivity index (χ4v) is 3.34. The Morgan fingerprint density at radius 1 is 0.806 bits per heavy atom. The summed E-state index contributed by atoms with van der Waals surface area (Å²) < 4.78 is 5.75. The molecule has 158 valence electrons. The van der Waals surface area contributed by atoms with Gasteiger partial charge in [0.15, 0.2) is 0 Å². The molecule has 0 atom stereocenters. The van der Waals surface area contributed by atoms with Crippen LogP contribution in [0.15, 0.2) is 71.2 Å². The summed E-state index contributed by atoms with van der Waals surface area (Å²) in [6.45, 7) is 1.86. The number of ether oxygens (including phenoxy) is 1. The number of aryl methyl sites for hydroxylation is 1. The summed E-state index contributed by atoms with van der Waals surface area (Å²) in [6, 6.07) is 18.4. The molecule has 0 heterocycles. The van der Waals surface area contributed by atoms with Crippen molar-refractivity contribution in [1.29, 1.82) is 0 Å². The van der Waals surface area contributed by atoms with Crippen LogP contribution in [0.2, 0.25) is 0 Å². The summed E-state index contributed by atoms with van der Waals surface area (Å²) >= 11 is 3.31. The molecule has 0 bridgehead atoms. The van der Waals surface area contributed by atoms with Crippen molar-refractivity contribution in [2.24, 2.45) is 0 Å². The van der Waals surface area contributed by atoms with E-state index in [-0.39, 0.29) is 5.91 Å². The van der Waals surface area contributed by atoms with Gasteiger partial charge in [-0.15, -0.1) is 0 Å². The lowest BCUT2D eigenvalue weighted by Gasteiger charge is -2.10. The molecule has 0 aliphatic rings. The van der Waals surface area contributed by atoms with E-state index in [1.54, 1.807) is 54.6 Å². The molecule has 3 rings (SSSR count). The van der Waals surface area contributed by atoms with Crippen molar-refractivity contribution in [3.05, 3.63) is 93.5 Å². The van der Waals surface area contributed by atoms with E-state index in [2.05, 4.69) is 32.1 Å². The lowest BCUT2D eigenvalue weighted by atomic mass is 10.1. The molecule has 3 aromatic carbocycles. The monoisotopic (exact) mass is 481 g/mol. The van der Waals surface area contributed by atoms with E-state index in [4.69, 9.17) is 4.74 Å². The highest BCUT2D eigenvalue weighted by atomic mass is 79.9. The maximum Gasteiger partial charge on any atom is 0.269 e. The molecule has 7 nitrogen and oxygen atoms in total. The summed E-state index contributed by atoms with van der Waals surface area (Å²) in [7, 11) is 1.53. The van der Waals surface area contributed by atoms with Crippen molar-refractivity contribution < 1.29 is 19.1 Å². The highest BCUT2D eigenvalue weighted by molar-refractivity contribution is 9.10. The van der Waals surface area contributed by atoms with Crippen LogP contribution in [0.25, 0.3) is 0 Å². The number of rotatable bonds is 5. The highest BCUT2D eigenvalue weighted by Crippen LogP contribution is 2.25. The van der Waals surface area contributed by atoms with Crippen LogP contribution in [0.3, 0.4) is 0 Å². The first-order chi connectivity index (χ1) is 14.9. The first-order valence-electron chi connectivity index (χ1n) is 9.30. The minimum absolute atomic E-state index is 0.229. The van der Waals surface area contributed by atoms with E-state index < -0.39 is 11.8 Å². The molecule has 0 aliphatic heterocycles. The van der Waals surface area contributed by atoms with Crippen LogP contribution in [0.4, 0.5) is 5.69 Å². The number of halogens is 1. The number of hydrogen-bond acceptors (Lipinski definition) is 4. The Bertz CT molecular complexity index is 1130. The maximum atomic E-state index is 12.4. The lowest BCUT2D eigenvalue weighted by molar-refractivity contribution is 0.0846. The zero-order chi connectivity index (χ0) is 22.4. The van der Waals surface area contributed by atoms with Crippen molar-refractivity contribution in [3.63, 3.8) is 0 Å². The number of hydrazine groups is 1. The number of methoxy groups -OCH3 is 1. The van der Waals surface area contributed by atoms with Gasteiger partial charge in [-0.25, -0.2) is 0 Å². The number of carbonyl (C=O) groups excluding carboxylic acids is 3. The van der Waals surface area contributed by atoms with Gasteiger partial charge < -0.3 is 10.1 Å². The number of carbonyl (C=O) groups is 3. The smallest absolute Gasteiger partial charge is 0.269 e. The molecule has 0 radical (unpaired) electrons. The average Bonchev–Trinajstić information content (AvgIpc) is 2.77. The molecule has 0 saturated carbocycles. The van der Waals surface area contributed by atoms with Crippen molar-refractivity contribution in [2.75, 3.05) is 12.4 Å². The van der Waals surface area contributed by atoms with Gasteiger partial charge in [-0.2, -0.15) is 0 Å². The summed E-state index contributed by atoms with van der Waals surface area (Å²) in [5, 5.41) is 2.80. The van der Waals surface area contributed by atoms with Crippen LogP contribution in [-0.4, -0.2) is 24.8 Å². The Labute approximate surface area is 187 Å². The number of benzene rings is 3. The van der Waals surface area contributed by atoms with Crippen LogP contribution < -0.4 is 20.9 Å². The minimum Gasteiger partial charge on any atom is -0.496 e. The molecule has 0 fully saturated rings. The van der Waals surface area contributed by atoms with Crippen LogP contribution in [0.1, 0.15) is 36.6 Å². The largest absolute Gasteiger partial charge is 0.496 e. The Balaban J connectivity index is 1.57. The minimum atomic E-state index is -0.488. The third-order valence-electron chi connectivity index (χ3n) is 4.50. The number of nitrogens with one attached hydrogen (secondary N) is 3. The second-order valence-electron chi connectivity index (χ2n) is 6.60. The molecule has 3 aromatic rings. The lowest BCUT2D eigenvalue weighted by Crippen LogP contribution is -2.41. The first kappa shape index (κ1) is 22.0. The van der Waals surface area contributed by atoms with Gasteiger partial charge in [0.05, 0.1) is 11.6 Å². The van der Waals surface area contributed by atoms with Crippen LogP contribution in [0.5, 0.6) is 5.75 Å². The normalized spacial score (nSPS) is 10.2. The molecular weight excluding hydrogens is 462 g/mol. The number of anilines is 1. The fourth-order valence-electron chi connectivity index (χ4n) is 2.80. The van der Waals surface area contributed by atoms with E-state index in [9.17, 15) is 14.4 Å². The van der Waals surface area contributed by atoms with Crippen molar-refractivity contribution in [2.45, 2.75) is 6.92 Å². The van der Waals surface area contributed by atoms with Gasteiger partial charge in [-0.3, -0.25) is 25.2 Å². The summed E-state index contributed by atoms with van der Waals surface area (Å²) in [6.07, 6.45) is 0. The Morgan fingerprint density at radius 2 is 1.42 bits per heavy atom. The predicted octanol–water partition coefficient (Wildman–Crippen LogP) is 4.09. The topological polar surface area (TPSA) is 96.5 Å². The summed E-state index contributed by atoms with van der Waals surface area (Å²) in [5.74, 6) is -0.597. The average molecular weight is 482 g/mol. The molecule has 0 aromatic heterocycles. The molecule has 0 unspecified atom stereocenters. The van der Waals surface area contributed by atoms with Crippen LogP contribution in [0, 0.1) is 6.92 Å². The summed E-state index contributed by atoms with van der Waals surface area (Å²) in [5.41, 5.74) is 7.41. The fraction of sp³-hybridized carbons (Fsp3) is 0.0870. The highest BCUT2D eigenvalue weighted by Gasteiger charge is 2.12. The third-order valence-corrected chi connectivity index (χ3v) is 5.12. The maximum absolute atomic E-state index is 12.4. The number of amides is 3. The van der Waals surface area contributed by atoms with Gasteiger partial charge in [0.1, 0.15) is 5.75 Å². The number of hydrogen-bond donors (Lipinski definition) is 3. The molecule has 3 N–H and O–H groups in total. The Hall–Kier alpha value is -3.65. The van der Waals surface area contributed by atoms with Crippen LogP contribution in [-0.2, 0) is 0 Å². The molecule has 8 heteroatoms. The van der Waals surface area contributed by atoms with Crippen molar-refractivity contribution in [1.82, 2.24) is 10.9 Å². The van der Waals surface area contributed by atoms with Crippen LogP contribution >= 0.6 is 15.9 Å². The van der Waals surface area contributed by atoms with Gasteiger partial charge >= 0.3 is 0 Å². The van der Waals surface area contributed by atoms with Gasteiger partial charge in [-0.1, -0.05) is 18.2 Å². The van der Waals surface area contributed by atoms with Gasteiger partial charge in [0.25, 0.3) is 17.7 Å². The second-order valence-corrected chi connectivity index (χ2v) is 7.46. The standard InChI is InChI=1S/C23H20BrN3O4/c1-14-5-3-4-6-18(14)23(30)25-17-10-7-15(8-11-17)21(28)26-27-22(29)16-9-12-20(31-2)19(24)13-16/h3-13H,1-2H3,(H,25,30)(H,26,28)(H,27,29). The van der Waals surface area contributed by atoms with E-state index in [0.717, 1.165) is 5.56 Å². The van der Waals surface area contributed by atoms with Gasteiger partial charge in [0, 0.05) is 22.4 Å². The molecule has 0 aliphatic carbocycles. The Kier molecular flexibility index (Phi) is 7.04. The zero-order valence-electron chi connectivity index (χ0n) is 16.9. The van der Waals surface area contributed by atoms with E-state index in [1.807, 2.05) is 19.1 Å². The zero-order valence-corrected chi connectivity index (χ0v) is 18.4. The van der Waals surface area contributed by atoms with Gasteiger partial charge in [0.2, 0.25) is 0 Å². The van der Waals surface area contributed by atoms with Crippen molar-refractivity contribution in [3.8, 4) is 5.75 Å². The third kappa shape index (κ3) is 5.49. The SMILES string of the molecule is COc1ccc(C(=O)NNC(=O)c2ccc(NC(=O)c3ccccc3C)cc2)cc1Br. The molecular formula is C23H20BrN3O4.